The molecule has 0 aliphatic rings. The Morgan fingerprint density at radius 3 is 2.57 bits per heavy atom. The number of hydrogen-bond acceptors (Lipinski definition) is 5. The number of nitrogens with two attached hydrogens (primary N) is 1. The number of nitrogens with one attached hydrogen (secondary N) is 1. The minimum atomic E-state index is -3.54. The van der Waals surface area contributed by atoms with E-state index in [0.717, 1.165) is 4.31 Å². The zero-order valence-electron chi connectivity index (χ0n) is 13.1. The summed E-state index contributed by atoms with van der Waals surface area (Å²) in [6, 6.07) is 4.93. The second kappa shape index (κ2) is 7.63. The number of benzene rings is 1. The van der Waals surface area contributed by atoms with E-state index in [0.29, 0.717) is 31.4 Å². The number of sulfonamides is 1. The molecule has 3 N–H and O–H groups in total. The van der Waals surface area contributed by atoms with Gasteiger partial charge >= 0.3 is 0 Å². The van der Waals surface area contributed by atoms with Crippen LogP contribution in [0.2, 0.25) is 0 Å². The number of hydrogen-bond donors (Lipinski definition) is 2. The zero-order chi connectivity index (χ0) is 16.0. The molecule has 0 unspecified atom stereocenters. The van der Waals surface area contributed by atoms with Gasteiger partial charge in [0.25, 0.3) is 0 Å². The van der Waals surface area contributed by atoms with Crippen molar-refractivity contribution in [2.24, 2.45) is 5.92 Å². The van der Waals surface area contributed by atoms with Crippen LogP contribution in [0.25, 0.3) is 0 Å². The minimum absolute atomic E-state index is 0.112. The predicted octanol–water partition coefficient (Wildman–Crippen LogP) is 1.60. The van der Waals surface area contributed by atoms with Crippen molar-refractivity contribution < 1.29 is 13.2 Å². The Hall–Kier alpha value is -1.31. The van der Waals surface area contributed by atoms with Crippen LogP contribution in [0.5, 0.6) is 0 Å². The molecule has 0 aliphatic carbocycles. The third-order valence-corrected chi connectivity index (χ3v) is 4.71. The molecule has 6 nitrogen and oxygen atoms in total. The van der Waals surface area contributed by atoms with E-state index >= 15 is 0 Å². The maximum absolute atomic E-state index is 12.1. The van der Waals surface area contributed by atoms with E-state index in [2.05, 4.69) is 19.2 Å². The molecule has 1 rings (SSSR count). The summed E-state index contributed by atoms with van der Waals surface area (Å²) in [7, 11) is -0.578. The first-order valence-corrected chi connectivity index (χ1v) is 8.33. The van der Waals surface area contributed by atoms with Gasteiger partial charge in [0.1, 0.15) is 4.90 Å². The Kier molecular flexibility index (Phi) is 6.44. The van der Waals surface area contributed by atoms with Crippen LogP contribution in [-0.4, -0.2) is 46.6 Å². The number of nitrogens with zero attached hydrogens (tertiary/aromatic N) is 1. The van der Waals surface area contributed by atoms with Crippen molar-refractivity contribution in [2.45, 2.75) is 18.7 Å². The van der Waals surface area contributed by atoms with Gasteiger partial charge in [-0.05, 0) is 18.1 Å². The molecule has 0 heterocycles. The van der Waals surface area contributed by atoms with Crippen LogP contribution in [0.1, 0.15) is 13.8 Å². The van der Waals surface area contributed by atoms with Gasteiger partial charge in [0.05, 0.1) is 18.0 Å². The third-order valence-electron chi connectivity index (χ3n) is 2.84. The fourth-order valence-corrected chi connectivity index (χ4v) is 2.73. The standard InChI is InChI=1S/C14H25N3O3S/c1-11(2)10-20-9-8-16-12-6-5-7-13(14(12)15)21(18,19)17(3)4/h5-7,11,16H,8-10,15H2,1-4H3. The summed E-state index contributed by atoms with van der Waals surface area (Å²) in [6.45, 7) is 5.98. The van der Waals surface area contributed by atoms with Gasteiger partial charge in [0.15, 0.2) is 0 Å². The predicted molar refractivity (Wildman–Crippen MR) is 85.9 cm³/mol. The number of nitrogen functional groups attached to an aromatic ring is 1. The number of rotatable bonds is 8. The molecule has 21 heavy (non-hydrogen) atoms. The fourth-order valence-electron chi connectivity index (χ4n) is 1.70. The highest BCUT2D eigenvalue weighted by atomic mass is 32.2. The summed E-state index contributed by atoms with van der Waals surface area (Å²) in [4.78, 5) is 0.112. The first-order chi connectivity index (χ1) is 9.76. The highest BCUT2D eigenvalue weighted by Crippen LogP contribution is 2.27. The molecule has 0 fully saturated rings. The first-order valence-electron chi connectivity index (χ1n) is 6.89. The Morgan fingerprint density at radius 1 is 1.33 bits per heavy atom. The second-order valence-corrected chi connectivity index (χ2v) is 7.52. The highest BCUT2D eigenvalue weighted by molar-refractivity contribution is 7.89. The van der Waals surface area contributed by atoms with Gasteiger partial charge in [-0.2, -0.15) is 0 Å². The molecule has 0 saturated carbocycles. The molecule has 0 amide bonds. The molecule has 0 spiro atoms. The van der Waals surface area contributed by atoms with Crippen molar-refractivity contribution in [3.05, 3.63) is 18.2 Å². The van der Waals surface area contributed by atoms with Crippen molar-refractivity contribution >= 4 is 21.4 Å². The van der Waals surface area contributed by atoms with Crippen LogP contribution in [0.4, 0.5) is 11.4 Å². The average Bonchev–Trinajstić information content (AvgIpc) is 2.39. The second-order valence-electron chi connectivity index (χ2n) is 5.40. The van der Waals surface area contributed by atoms with Gasteiger partial charge in [0, 0.05) is 27.2 Å². The van der Waals surface area contributed by atoms with E-state index in [-0.39, 0.29) is 10.6 Å². The van der Waals surface area contributed by atoms with Crippen LogP contribution in [0.3, 0.4) is 0 Å². The lowest BCUT2D eigenvalue weighted by Gasteiger charge is -2.16. The molecular weight excluding hydrogens is 290 g/mol. The van der Waals surface area contributed by atoms with E-state index < -0.39 is 10.0 Å². The topological polar surface area (TPSA) is 84.7 Å². The molecule has 0 radical (unpaired) electrons. The van der Waals surface area contributed by atoms with Crippen molar-refractivity contribution in [1.29, 1.82) is 0 Å². The fraction of sp³-hybridized carbons (Fsp3) is 0.571. The van der Waals surface area contributed by atoms with Gasteiger partial charge in [-0.25, -0.2) is 12.7 Å². The molecule has 0 aromatic heterocycles. The van der Waals surface area contributed by atoms with Crippen molar-refractivity contribution in [2.75, 3.05) is 44.9 Å². The quantitative estimate of drug-likeness (QED) is 0.562. The summed E-state index contributed by atoms with van der Waals surface area (Å²) >= 11 is 0. The molecule has 0 saturated heterocycles. The Balaban J connectivity index is 2.74. The van der Waals surface area contributed by atoms with Crippen molar-refractivity contribution in [3.63, 3.8) is 0 Å². The van der Waals surface area contributed by atoms with E-state index in [1.807, 2.05) is 0 Å². The lowest BCUT2D eigenvalue weighted by molar-refractivity contribution is 0.118. The Bertz CT molecular complexity index is 557. The zero-order valence-corrected chi connectivity index (χ0v) is 13.9. The van der Waals surface area contributed by atoms with E-state index in [1.165, 1.54) is 20.2 Å². The normalized spacial score (nSPS) is 12.1. The molecule has 0 bridgehead atoms. The smallest absolute Gasteiger partial charge is 0.244 e. The molecular formula is C14H25N3O3S. The van der Waals surface area contributed by atoms with Crippen LogP contribution in [0, 0.1) is 5.92 Å². The van der Waals surface area contributed by atoms with Gasteiger partial charge in [-0.3, -0.25) is 0 Å². The SMILES string of the molecule is CC(C)COCCNc1cccc(S(=O)(=O)N(C)C)c1N. The van der Waals surface area contributed by atoms with Gasteiger partial charge in [0.2, 0.25) is 10.0 Å². The highest BCUT2D eigenvalue weighted by Gasteiger charge is 2.21. The lowest BCUT2D eigenvalue weighted by atomic mass is 10.2. The molecule has 1 aromatic rings. The Labute approximate surface area is 127 Å². The maximum Gasteiger partial charge on any atom is 0.244 e. The van der Waals surface area contributed by atoms with Crippen molar-refractivity contribution in [1.82, 2.24) is 4.31 Å². The van der Waals surface area contributed by atoms with Crippen molar-refractivity contribution in [3.8, 4) is 0 Å². The lowest BCUT2D eigenvalue weighted by Crippen LogP contribution is -2.23. The third kappa shape index (κ3) is 4.87. The number of ether oxygens (including phenoxy) is 1. The largest absolute Gasteiger partial charge is 0.396 e. The van der Waals surface area contributed by atoms with Gasteiger partial charge in [-0.1, -0.05) is 19.9 Å². The molecule has 7 heteroatoms. The Morgan fingerprint density at radius 2 is 2.00 bits per heavy atom. The monoisotopic (exact) mass is 315 g/mol. The summed E-state index contributed by atoms with van der Waals surface area (Å²) in [5, 5.41) is 3.11. The minimum Gasteiger partial charge on any atom is -0.396 e. The van der Waals surface area contributed by atoms with Crippen LogP contribution in [-0.2, 0) is 14.8 Å². The van der Waals surface area contributed by atoms with Gasteiger partial charge < -0.3 is 15.8 Å². The van der Waals surface area contributed by atoms with Crippen LogP contribution in [0.15, 0.2) is 23.1 Å². The molecule has 120 valence electrons. The molecule has 0 aliphatic heterocycles. The van der Waals surface area contributed by atoms with E-state index in [1.54, 1.807) is 12.1 Å². The summed E-state index contributed by atoms with van der Waals surface area (Å²) in [5.41, 5.74) is 6.80. The van der Waals surface area contributed by atoms with Gasteiger partial charge in [-0.15, -0.1) is 0 Å². The van der Waals surface area contributed by atoms with Crippen LogP contribution >= 0.6 is 0 Å². The summed E-state index contributed by atoms with van der Waals surface area (Å²) in [5.74, 6) is 0.489. The molecule has 1 aromatic carbocycles. The summed E-state index contributed by atoms with van der Waals surface area (Å²) < 4.78 is 30.9. The number of para-hydroxylation sites is 1. The van der Waals surface area contributed by atoms with E-state index in [4.69, 9.17) is 10.5 Å². The first kappa shape index (κ1) is 17.7. The van der Waals surface area contributed by atoms with Crippen LogP contribution < -0.4 is 11.1 Å². The maximum atomic E-state index is 12.1. The number of anilines is 2. The summed E-state index contributed by atoms with van der Waals surface area (Å²) in [6.07, 6.45) is 0. The van der Waals surface area contributed by atoms with E-state index in [9.17, 15) is 8.42 Å². The molecule has 0 atom stereocenters. The average molecular weight is 315 g/mol.